The Labute approximate surface area is 82.9 Å². The van der Waals surface area contributed by atoms with Crippen molar-refractivity contribution < 1.29 is 4.79 Å². The Morgan fingerprint density at radius 3 is 2.86 bits per heavy atom. The highest BCUT2D eigenvalue weighted by molar-refractivity contribution is 5.89. The average Bonchev–Trinajstić information content (AvgIpc) is 2.15. The van der Waals surface area contributed by atoms with Gasteiger partial charge in [0.15, 0.2) is 0 Å². The molecule has 1 aromatic heterocycles. The molecule has 0 aliphatic rings. The monoisotopic (exact) mass is 191 g/mol. The van der Waals surface area contributed by atoms with E-state index in [9.17, 15) is 4.79 Å². The first-order chi connectivity index (χ1) is 6.59. The maximum Gasteiger partial charge on any atom is 0.241 e. The lowest BCUT2D eigenvalue weighted by Crippen LogP contribution is -2.05. The number of amides is 1. The number of aromatic nitrogens is 2. The molecule has 0 bridgehead atoms. The lowest BCUT2D eigenvalue weighted by molar-refractivity contribution is -0.113. The van der Waals surface area contributed by atoms with Gasteiger partial charge >= 0.3 is 0 Å². The minimum Gasteiger partial charge on any atom is -0.366 e. The number of nitrogens with two attached hydrogens (primary N) is 1. The average molecular weight is 191 g/mol. The molecule has 0 atom stereocenters. The highest BCUT2D eigenvalue weighted by Gasteiger charge is 2.01. The maximum absolute atomic E-state index is 10.5. The molecule has 74 valence electrons. The van der Waals surface area contributed by atoms with Crippen LogP contribution >= 0.6 is 0 Å². The fourth-order valence-electron chi connectivity index (χ4n) is 0.927. The zero-order valence-corrected chi connectivity index (χ0v) is 8.27. The van der Waals surface area contributed by atoms with E-state index in [-0.39, 0.29) is 5.92 Å². The summed E-state index contributed by atoms with van der Waals surface area (Å²) >= 11 is 0. The predicted molar refractivity (Wildman–Crippen MR) is 54.3 cm³/mol. The fraction of sp³-hybridized carbons (Fsp3) is 0.300. The molecule has 2 N–H and O–H groups in total. The van der Waals surface area contributed by atoms with Crippen molar-refractivity contribution in [1.82, 2.24) is 9.97 Å². The summed E-state index contributed by atoms with van der Waals surface area (Å²) in [5.74, 6) is 0.559. The molecule has 4 nitrogen and oxygen atoms in total. The Morgan fingerprint density at radius 1 is 1.57 bits per heavy atom. The number of rotatable bonds is 3. The third kappa shape index (κ3) is 2.97. The van der Waals surface area contributed by atoms with Gasteiger partial charge in [-0.15, -0.1) is 0 Å². The molecule has 0 saturated carbocycles. The second-order valence-electron chi connectivity index (χ2n) is 3.23. The van der Waals surface area contributed by atoms with Gasteiger partial charge < -0.3 is 5.73 Å². The maximum atomic E-state index is 10.5. The van der Waals surface area contributed by atoms with Gasteiger partial charge in [0, 0.05) is 18.2 Å². The SMILES string of the molecule is CC(C)c1nccc(/C=C/C(N)=O)n1. The Bertz CT molecular complexity index is 358. The first-order valence-corrected chi connectivity index (χ1v) is 4.40. The van der Waals surface area contributed by atoms with Gasteiger partial charge in [0.25, 0.3) is 0 Å². The van der Waals surface area contributed by atoms with Crippen molar-refractivity contribution in [1.29, 1.82) is 0 Å². The van der Waals surface area contributed by atoms with Crippen LogP contribution < -0.4 is 5.73 Å². The van der Waals surface area contributed by atoms with Crippen LogP contribution in [0.2, 0.25) is 0 Å². The van der Waals surface area contributed by atoms with E-state index < -0.39 is 5.91 Å². The zero-order chi connectivity index (χ0) is 10.6. The third-order valence-corrected chi connectivity index (χ3v) is 1.63. The predicted octanol–water partition coefficient (Wildman–Crippen LogP) is 1.10. The Hall–Kier alpha value is -1.71. The lowest BCUT2D eigenvalue weighted by Gasteiger charge is -2.02. The lowest BCUT2D eigenvalue weighted by atomic mass is 10.2. The molecule has 1 rings (SSSR count). The molecular weight excluding hydrogens is 178 g/mol. The summed E-state index contributed by atoms with van der Waals surface area (Å²) in [6, 6.07) is 1.73. The summed E-state index contributed by atoms with van der Waals surface area (Å²) in [6.45, 7) is 4.02. The van der Waals surface area contributed by atoms with Gasteiger partial charge in [-0.2, -0.15) is 0 Å². The fourth-order valence-corrected chi connectivity index (χ4v) is 0.927. The van der Waals surface area contributed by atoms with E-state index in [2.05, 4.69) is 9.97 Å². The molecule has 1 amide bonds. The quantitative estimate of drug-likeness (QED) is 0.727. The van der Waals surface area contributed by atoms with Crippen LogP contribution in [0.4, 0.5) is 0 Å². The van der Waals surface area contributed by atoms with Crippen LogP contribution in [0, 0.1) is 0 Å². The van der Waals surface area contributed by atoms with Crippen molar-refractivity contribution in [2.45, 2.75) is 19.8 Å². The molecular formula is C10H13N3O. The van der Waals surface area contributed by atoms with Gasteiger partial charge in [-0.3, -0.25) is 4.79 Å². The molecule has 1 heterocycles. The summed E-state index contributed by atoms with van der Waals surface area (Å²) in [5, 5.41) is 0. The Morgan fingerprint density at radius 2 is 2.29 bits per heavy atom. The van der Waals surface area contributed by atoms with Crippen LogP contribution in [-0.2, 0) is 4.79 Å². The topological polar surface area (TPSA) is 68.9 Å². The second kappa shape index (κ2) is 4.50. The molecule has 0 aromatic carbocycles. The van der Waals surface area contributed by atoms with E-state index in [1.54, 1.807) is 18.3 Å². The van der Waals surface area contributed by atoms with E-state index >= 15 is 0 Å². The summed E-state index contributed by atoms with van der Waals surface area (Å²) < 4.78 is 0. The second-order valence-corrected chi connectivity index (χ2v) is 3.23. The minimum atomic E-state index is -0.477. The summed E-state index contributed by atoms with van der Waals surface area (Å²) in [4.78, 5) is 18.8. The van der Waals surface area contributed by atoms with Crippen LogP contribution in [0.15, 0.2) is 18.3 Å². The van der Waals surface area contributed by atoms with Gasteiger partial charge in [0.05, 0.1) is 5.69 Å². The van der Waals surface area contributed by atoms with Crippen molar-refractivity contribution in [3.63, 3.8) is 0 Å². The summed E-state index contributed by atoms with van der Waals surface area (Å²) in [7, 11) is 0. The first-order valence-electron chi connectivity index (χ1n) is 4.40. The Balaban J connectivity index is 2.89. The molecule has 0 fully saturated rings. The number of nitrogens with zero attached hydrogens (tertiary/aromatic N) is 2. The van der Waals surface area contributed by atoms with E-state index in [0.717, 1.165) is 5.82 Å². The van der Waals surface area contributed by atoms with Crippen molar-refractivity contribution in [3.05, 3.63) is 29.9 Å². The molecule has 14 heavy (non-hydrogen) atoms. The highest BCUT2D eigenvalue weighted by Crippen LogP contribution is 2.08. The largest absolute Gasteiger partial charge is 0.366 e. The zero-order valence-electron chi connectivity index (χ0n) is 8.27. The standard InChI is InChI=1S/C10H13N3O/c1-7(2)10-12-6-5-8(13-10)3-4-9(11)14/h3-7H,1-2H3,(H2,11,14)/b4-3+. The molecule has 0 unspecified atom stereocenters. The van der Waals surface area contributed by atoms with Gasteiger partial charge in [-0.25, -0.2) is 9.97 Å². The van der Waals surface area contributed by atoms with Gasteiger partial charge in [0.2, 0.25) is 5.91 Å². The molecule has 4 heteroatoms. The van der Waals surface area contributed by atoms with E-state index in [1.165, 1.54) is 6.08 Å². The molecule has 0 spiro atoms. The summed E-state index contributed by atoms with van der Waals surface area (Å²) in [6.07, 6.45) is 4.53. The Kier molecular flexibility index (Phi) is 3.34. The van der Waals surface area contributed by atoms with Crippen LogP contribution in [0.25, 0.3) is 6.08 Å². The smallest absolute Gasteiger partial charge is 0.241 e. The number of primary amides is 1. The van der Waals surface area contributed by atoms with Crippen LogP contribution in [0.5, 0.6) is 0 Å². The third-order valence-electron chi connectivity index (χ3n) is 1.63. The minimum absolute atomic E-state index is 0.275. The number of carbonyl (C=O) groups is 1. The molecule has 0 saturated heterocycles. The number of carbonyl (C=O) groups excluding carboxylic acids is 1. The molecule has 0 radical (unpaired) electrons. The van der Waals surface area contributed by atoms with E-state index in [0.29, 0.717) is 5.69 Å². The van der Waals surface area contributed by atoms with Crippen molar-refractivity contribution in [2.24, 2.45) is 5.73 Å². The van der Waals surface area contributed by atoms with Crippen molar-refractivity contribution in [3.8, 4) is 0 Å². The summed E-state index contributed by atoms with van der Waals surface area (Å²) in [5.41, 5.74) is 5.67. The van der Waals surface area contributed by atoms with Crippen LogP contribution in [0.3, 0.4) is 0 Å². The van der Waals surface area contributed by atoms with Gasteiger partial charge in [-0.1, -0.05) is 13.8 Å². The number of hydrogen-bond acceptors (Lipinski definition) is 3. The van der Waals surface area contributed by atoms with Gasteiger partial charge in [-0.05, 0) is 12.1 Å². The molecule has 0 aliphatic heterocycles. The normalized spacial score (nSPS) is 11.1. The van der Waals surface area contributed by atoms with Crippen molar-refractivity contribution >= 4 is 12.0 Å². The van der Waals surface area contributed by atoms with Gasteiger partial charge in [0.1, 0.15) is 5.82 Å². The van der Waals surface area contributed by atoms with E-state index in [1.807, 2.05) is 13.8 Å². The molecule has 0 aliphatic carbocycles. The molecule has 1 aromatic rings. The first kappa shape index (κ1) is 10.4. The van der Waals surface area contributed by atoms with Crippen molar-refractivity contribution in [2.75, 3.05) is 0 Å². The van der Waals surface area contributed by atoms with Crippen LogP contribution in [-0.4, -0.2) is 15.9 Å². The van der Waals surface area contributed by atoms with E-state index in [4.69, 9.17) is 5.73 Å². The van der Waals surface area contributed by atoms with Crippen LogP contribution in [0.1, 0.15) is 31.3 Å². The highest BCUT2D eigenvalue weighted by atomic mass is 16.1. The number of hydrogen-bond donors (Lipinski definition) is 1.